The largest absolute Gasteiger partial charge is 0.487 e. The summed E-state index contributed by atoms with van der Waals surface area (Å²) in [5.74, 6) is 0.943. The molecule has 3 nitrogen and oxygen atoms in total. The van der Waals surface area contributed by atoms with Gasteiger partial charge in [-0.2, -0.15) is 0 Å². The summed E-state index contributed by atoms with van der Waals surface area (Å²) in [5, 5.41) is 3.49. The van der Waals surface area contributed by atoms with E-state index in [1.165, 1.54) is 18.4 Å². The first kappa shape index (κ1) is 14.1. The van der Waals surface area contributed by atoms with Crippen molar-refractivity contribution < 1.29 is 4.74 Å². The SMILES string of the molecule is Cc1ccc(C)c(OCc2cccc(CNC3CC3)n2)c1. The molecule has 21 heavy (non-hydrogen) atoms. The molecule has 0 radical (unpaired) electrons. The molecule has 1 N–H and O–H groups in total. The van der Waals surface area contributed by atoms with Gasteiger partial charge in [0.15, 0.2) is 0 Å². The Hall–Kier alpha value is -1.87. The lowest BCUT2D eigenvalue weighted by atomic mass is 10.1. The molecule has 0 bridgehead atoms. The molecule has 1 heterocycles. The van der Waals surface area contributed by atoms with Crippen molar-refractivity contribution in [3.63, 3.8) is 0 Å². The van der Waals surface area contributed by atoms with E-state index < -0.39 is 0 Å². The van der Waals surface area contributed by atoms with E-state index in [2.05, 4.69) is 54.5 Å². The molecular formula is C18H22N2O. The summed E-state index contributed by atoms with van der Waals surface area (Å²) in [6.45, 7) is 5.51. The van der Waals surface area contributed by atoms with Gasteiger partial charge in [0.05, 0.1) is 11.4 Å². The normalized spacial score (nSPS) is 14.2. The van der Waals surface area contributed by atoms with Crippen LogP contribution in [0.4, 0.5) is 0 Å². The van der Waals surface area contributed by atoms with Gasteiger partial charge in [0.1, 0.15) is 12.4 Å². The van der Waals surface area contributed by atoms with E-state index in [4.69, 9.17) is 4.74 Å². The van der Waals surface area contributed by atoms with Gasteiger partial charge in [0.25, 0.3) is 0 Å². The topological polar surface area (TPSA) is 34.1 Å². The van der Waals surface area contributed by atoms with Crippen LogP contribution in [0.5, 0.6) is 5.75 Å². The molecule has 0 amide bonds. The number of aryl methyl sites for hydroxylation is 2. The fourth-order valence-electron chi connectivity index (χ4n) is 2.26. The molecule has 1 aromatic heterocycles. The van der Waals surface area contributed by atoms with Crippen molar-refractivity contribution in [2.75, 3.05) is 0 Å². The van der Waals surface area contributed by atoms with Crippen LogP contribution >= 0.6 is 0 Å². The third-order valence-corrected chi connectivity index (χ3v) is 3.73. The first-order valence-electron chi connectivity index (χ1n) is 7.59. The number of nitrogens with one attached hydrogen (secondary N) is 1. The summed E-state index contributed by atoms with van der Waals surface area (Å²) < 4.78 is 5.91. The Morgan fingerprint density at radius 3 is 2.76 bits per heavy atom. The van der Waals surface area contributed by atoms with E-state index in [-0.39, 0.29) is 0 Å². The van der Waals surface area contributed by atoms with Crippen molar-refractivity contribution in [1.82, 2.24) is 10.3 Å². The van der Waals surface area contributed by atoms with Gasteiger partial charge < -0.3 is 10.1 Å². The quantitative estimate of drug-likeness (QED) is 0.880. The molecular weight excluding hydrogens is 260 g/mol. The van der Waals surface area contributed by atoms with Crippen molar-refractivity contribution in [1.29, 1.82) is 0 Å². The van der Waals surface area contributed by atoms with E-state index in [1.807, 2.05) is 6.07 Å². The molecule has 3 heteroatoms. The first-order chi connectivity index (χ1) is 10.2. The molecule has 1 fully saturated rings. The van der Waals surface area contributed by atoms with Crippen LogP contribution in [0.25, 0.3) is 0 Å². The molecule has 0 unspecified atom stereocenters. The molecule has 0 aliphatic heterocycles. The minimum Gasteiger partial charge on any atom is -0.487 e. The number of aromatic nitrogens is 1. The predicted octanol–water partition coefficient (Wildman–Crippen LogP) is 3.53. The maximum Gasteiger partial charge on any atom is 0.130 e. The number of nitrogens with zero attached hydrogens (tertiary/aromatic N) is 1. The Bertz CT molecular complexity index is 620. The Morgan fingerprint density at radius 2 is 1.95 bits per heavy atom. The molecule has 1 aromatic carbocycles. The molecule has 1 saturated carbocycles. The zero-order valence-electron chi connectivity index (χ0n) is 12.7. The number of rotatable bonds is 6. The van der Waals surface area contributed by atoms with Gasteiger partial charge in [-0.15, -0.1) is 0 Å². The molecule has 0 saturated heterocycles. The number of ether oxygens (including phenoxy) is 1. The lowest BCUT2D eigenvalue weighted by Crippen LogP contribution is -2.16. The fourth-order valence-corrected chi connectivity index (χ4v) is 2.26. The highest BCUT2D eigenvalue weighted by Crippen LogP contribution is 2.21. The maximum atomic E-state index is 5.91. The first-order valence-corrected chi connectivity index (χ1v) is 7.59. The number of hydrogen-bond donors (Lipinski definition) is 1. The Morgan fingerprint density at radius 1 is 1.14 bits per heavy atom. The zero-order valence-corrected chi connectivity index (χ0v) is 12.7. The Kier molecular flexibility index (Phi) is 4.20. The summed E-state index contributed by atoms with van der Waals surface area (Å²) in [5.41, 5.74) is 4.44. The van der Waals surface area contributed by atoms with Crippen LogP contribution in [-0.4, -0.2) is 11.0 Å². The second kappa shape index (κ2) is 6.27. The smallest absolute Gasteiger partial charge is 0.130 e. The van der Waals surface area contributed by atoms with Crippen molar-refractivity contribution in [2.45, 2.75) is 45.9 Å². The molecule has 110 valence electrons. The van der Waals surface area contributed by atoms with Crippen LogP contribution in [0.1, 0.15) is 35.4 Å². The van der Waals surface area contributed by atoms with Gasteiger partial charge in [-0.05, 0) is 56.0 Å². The second-order valence-electron chi connectivity index (χ2n) is 5.83. The number of benzene rings is 1. The number of hydrogen-bond acceptors (Lipinski definition) is 3. The summed E-state index contributed by atoms with van der Waals surface area (Å²) in [6.07, 6.45) is 2.60. The van der Waals surface area contributed by atoms with E-state index in [0.29, 0.717) is 12.6 Å². The highest BCUT2D eigenvalue weighted by Gasteiger charge is 2.20. The zero-order chi connectivity index (χ0) is 14.7. The standard InChI is InChI=1S/C18H22N2O/c1-13-6-7-14(2)18(10-13)21-12-17-5-3-4-16(20-17)11-19-15-8-9-15/h3-7,10,15,19H,8-9,11-12H2,1-2H3. The fraction of sp³-hybridized carbons (Fsp3) is 0.389. The highest BCUT2D eigenvalue weighted by atomic mass is 16.5. The van der Waals surface area contributed by atoms with Gasteiger partial charge in [-0.25, -0.2) is 0 Å². The minimum atomic E-state index is 0.515. The summed E-state index contributed by atoms with van der Waals surface area (Å²) in [4.78, 5) is 4.65. The Labute approximate surface area is 126 Å². The molecule has 2 aromatic rings. The van der Waals surface area contributed by atoms with Crippen LogP contribution < -0.4 is 10.1 Å². The van der Waals surface area contributed by atoms with Gasteiger partial charge in [0.2, 0.25) is 0 Å². The van der Waals surface area contributed by atoms with Crippen LogP contribution in [0.15, 0.2) is 36.4 Å². The lowest BCUT2D eigenvalue weighted by Gasteiger charge is -2.10. The van der Waals surface area contributed by atoms with Crippen LogP contribution in [0.3, 0.4) is 0 Å². The van der Waals surface area contributed by atoms with Gasteiger partial charge in [-0.1, -0.05) is 18.2 Å². The van der Waals surface area contributed by atoms with E-state index in [1.54, 1.807) is 0 Å². The third-order valence-electron chi connectivity index (χ3n) is 3.73. The van der Waals surface area contributed by atoms with Crippen molar-refractivity contribution in [3.8, 4) is 5.75 Å². The Balaban J connectivity index is 1.61. The van der Waals surface area contributed by atoms with Crippen LogP contribution in [0.2, 0.25) is 0 Å². The predicted molar refractivity (Wildman–Crippen MR) is 84.3 cm³/mol. The third kappa shape index (κ3) is 4.05. The van der Waals surface area contributed by atoms with Gasteiger partial charge in [-0.3, -0.25) is 4.98 Å². The number of pyridine rings is 1. The molecule has 0 spiro atoms. The molecule has 3 rings (SSSR count). The maximum absolute atomic E-state index is 5.91. The van der Waals surface area contributed by atoms with Crippen LogP contribution in [-0.2, 0) is 13.2 Å². The van der Waals surface area contributed by atoms with E-state index in [9.17, 15) is 0 Å². The van der Waals surface area contributed by atoms with E-state index in [0.717, 1.165) is 29.2 Å². The summed E-state index contributed by atoms with van der Waals surface area (Å²) in [7, 11) is 0. The minimum absolute atomic E-state index is 0.515. The highest BCUT2D eigenvalue weighted by molar-refractivity contribution is 5.36. The summed E-state index contributed by atoms with van der Waals surface area (Å²) in [6, 6.07) is 13.1. The lowest BCUT2D eigenvalue weighted by molar-refractivity contribution is 0.298. The summed E-state index contributed by atoms with van der Waals surface area (Å²) >= 11 is 0. The van der Waals surface area contributed by atoms with E-state index >= 15 is 0 Å². The van der Waals surface area contributed by atoms with Crippen LogP contribution in [0, 0.1) is 13.8 Å². The van der Waals surface area contributed by atoms with Gasteiger partial charge >= 0.3 is 0 Å². The average Bonchev–Trinajstić information content (AvgIpc) is 3.31. The average molecular weight is 282 g/mol. The molecule has 1 aliphatic carbocycles. The van der Waals surface area contributed by atoms with Gasteiger partial charge in [0, 0.05) is 12.6 Å². The second-order valence-corrected chi connectivity index (χ2v) is 5.83. The molecule has 0 atom stereocenters. The monoisotopic (exact) mass is 282 g/mol. The molecule has 1 aliphatic rings. The van der Waals surface area contributed by atoms with Crippen molar-refractivity contribution >= 4 is 0 Å². The van der Waals surface area contributed by atoms with Crippen molar-refractivity contribution in [3.05, 3.63) is 58.9 Å². The van der Waals surface area contributed by atoms with Crippen molar-refractivity contribution in [2.24, 2.45) is 0 Å².